The Kier molecular flexibility index (Phi) is 9.35. The fraction of sp³-hybridized carbons (Fsp3) is 0.417. The second-order valence-corrected chi connectivity index (χ2v) is 7.25. The summed E-state index contributed by atoms with van der Waals surface area (Å²) in [6.45, 7) is 4.88. The highest BCUT2D eigenvalue weighted by atomic mass is 19.1. The van der Waals surface area contributed by atoms with Crippen LogP contribution in [0, 0.1) is 5.82 Å². The number of unbranched alkanes of at least 4 members (excludes halogenated alkanes) is 1. The standard InChI is InChI=1S/C24H31FN2O2/c1-3-5-16-26-24(29)22(17-19-10-7-6-8-11-19)27(23(28)9-4-2)18-20-12-14-21(25)15-13-20/h6-8,10-15,22H,3-5,9,16-18H2,1-2H3,(H,26,29). The zero-order valence-electron chi connectivity index (χ0n) is 17.4. The first kappa shape index (κ1) is 22.6. The average molecular weight is 399 g/mol. The van der Waals surface area contributed by atoms with Crippen molar-refractivity contribution in [3.8, 4) is 0 Å². The number of carbonyl (C=O) groups is 2. The fourth-order valence-electron chi connectivity index (χ4n) is 3.20. The van der Waals surface area contributed by atoms with Crippen LogP contribution in [0.15, 0.2) is 54.6 Å². The Morgan fingerprint density at radius 3 is 2.28 bits per heavy atom. The van der Waals surface area contributed by atoms with Crippen molar-refractivity contribution in [3.05, 3.63) is 71.5 Å². The van der Waals surface area contributed by atoms with Crippen LogP contribution in [0.3, 0.4) is 0 Å². The summed E-state index contributed by atoms with van der Waals surface area (Å²) in [4.78, 5) is 27.6. The van der Waals surface area contributed by atoms with E-state index < -0.39 is 6.04 Å². The van der Waals surface area contributed by atoms with E-state index in [2.05, 4.69) is 12.2 Å². The summed E-state index contributed by atoms with van der Waals surface area (Å²) in [5, 5.41) is 2.98. The molecule has 0 radical (unpaired) electrons. The Labute approximate surface area is 173 Å². The molecule has 2 aromatic rings. The molecule has 0 spiro atoms. The van der Waals surface area contributed by atoms with Crippen LogP contribution < -0.4 is 5.32 Å². The number of hydrogen-bond donors (Lipinski definition) is 1. The number of hydrogen-bond acceptors (Lipinski definition) is 2. The predicted octanol–water partition coefficient (Wildman–Crippen LogP) is 4.48. The molecule has 0 aliphatic carbocycles. The minimum absolute atomic E-state index is 0.0663. The molecule has 0 aliphatic heterocycles. The Hall–Kier alpha value is -2.69. The lowest BCUT2D eigenvalue weighted by atomic mass is 10.0. The summed E-state index contributed by atoms with van der Waals surface area (Å²) in [6.07, 6.45) is 3.39. The van der Waals surface area contributed by atoms with Gasteiger partial charge in [0.15, 0.2) is 0 Å². The van der Waals surface area contributed by atoms with Crippen molar-refractivity contribution >= 4 is 11.8 Å². The first-order chi connectivity index (χ1) is 14.0. The third kappa shape index (κ3) is 7.33. The highest BCUT2D eigenvalue weighted by Gasteiger charge is 2.29. The second-order valence-electron chi connectivity index (χ2n) is 7.25. The van der Waals surface area contributed by atoms with Gasteiger partial charge in [0.05, 0.1) is 0 Å². The molecular weight excluding hydrogens is 367 g/mol. The fourth-order valence-corrected chi connectivity index (χ4v) is 3.20. The van der Waals surface area contributed by atoms with Gasteiger partial charge in [-0.05, 0) is 36.1 Å². The Morgan fingerprint density at radius 2 is 1.66 bits per heavy atom. The Morgan fingerprint density at radius 1 is 0.966 bits per heavy atom. The summed E-state index contributed by atoms with van der Waals surface area (Å²) in [5.74, 6) is -0.532. The number of carbonyl (C=O) groups excluding carboxylic acids is 2. The molecule has 29 heavy (non-hydrogen) atoms. The molecule has 0 saturated heterocycles. The first-order valence-corrected chi connectivity index (χ1v) is 10.4. The van der Waals surface area contributed by atoms with Gasteiger partial charge in [0, 0.05) is 25.9 Å². The molecule has 156 valence electrons. The zero-order chi connectivity index (χ0) is 21.1. The van der Waals surface area contributed by atoms with E-state index in [0.29, 0.717) is 25.8 Å². The molecule has 0 heterocycles. The molecule has 0 fully saturated rings. The van der Waals surface area contributed by atoms with Crippen LogP contribution in [-0.2, 0) is 22.6 Å². The van der Waals surface area contributed by atoms with E-state index in [0.717, 1.165) is 24.0 Å². The lowest BCUT2D eigenvalue weighted by molar-refractivity contribution is -0.141. The summed E-state index contributed by atoms with van der Waals surface area (Å²) in [6, 6.07) is 15.2. The summed E-state index contributed by atoms with van der Waals surface area (Å²) < 4.78 is 13.3. The maximum atomic E-state index is 13.3. The molecule has 1 atom stereocenters. The highest BCUT2D eigenvalue weighted by molar-refractivity contribution is 5.88. The van der Waals surface area contributed by atoms with Gasteiger partial charge in [0.1, 0.15) is 11.9 Å². The maximum absolute atomic E-state index is 13.3. The zero-order valence-corrected chi connectivity index (χ0v) is 17.4. The minimum Gasteiger partial charge on any atom is -0.354 e. The maximum Gasteiger partial charge on any atom is 0.243 e. The van der Waals surface area contributed by atoms with Gasteiger partial charge in [-0.15, -0.1) is 0 Å². The van der Waals surface area contributed by atoms with Crippen LogP contribution in [0.1, 0.15) is 50.7 Å². The number of nitrogens with one attached hydrogen (secondary N) is 1. The van der Waals surface area contributed by atoms with Crippen LogP contribution in [0.4, 0.5) is 4.39 Å². The number of nitrogens with zero attached hydrogens (tertiary/aromatic N) is 1. The van der Waals surface area contributed by atoms with E-state index in [9.17, 15) is 14.0 Å². The van der Waals surface area contributed by atoms with Crippen molar-refractivity contribution in [1.29, 1.82) is 0 Å². The Bertz CT molecular complexity index is 762. The van der Waals surface area contributed by atoms with Gasteiger partial charge in [-0.25, -0.2) is 4.39 Å². The molecule has 0 aliphatic rings. The van der Waals surface area contributed by atoms with Crippen LogP contribution in [0.2, 0.25) is 0 Å². The van der Waals surface area contributed by atoms with E-state index in [1.165, 1.54) is 12.1 Å². The summed E-state index contributed by atoms with van der Waals surface area (Å²) in [7, 11) is 0. The number of halogens is 1. The van der Waals surface area contributed by atoms with E-state index >= 15 is 0 Å². The molecule has 1 N–H and O–H groups in total. The first-order valence-electron chi connectivity index (χ1n) is 10.4. The van der Waals surface area contributed by atoms with Crippen molar-refractivity contribution in [1.82, 2.24) is 10.2 Å². The molecule has 2 aromatic carbocycles. The Balaban J connectivity index is 2.30. The van der Waals surface area contributed by atoms with Crippen molar-refractivity contribution in [2.75, 3.05) is 6.54 Å². The van der Waals surface area contributed by atoms with Gasteiger partial charge in [0.25, 0.3) is 0 Å². The number of amides is 2. The van der Waals surface area contributed by atoms with Crippen molar-refractivity contribution in [2.24, 2.45) is 0 Å². The van der Waals surface area contributed by atoms with Gasteiger partial charge in [-0.2, -0.15) is 0 Å². The van der Waals surface area contributed by atoms with E-state index in [1.54, 1.807) is 17.0 Å². The minimum atomic E-state index is -0.613. The number of benzene rings is 2. The van der Waals surface area contributed by atoms with E-state index in [1.807, 2.05) is 37.3 Å². The molecule has 0 bridgehead atoms. The van der Waals surface area contributed by atoms with Crippen LogP contribution in [0.5, 0.6) is 0 Å². The molecule has 4 nitrogen and oxygen atoms in total. The van der Waals surface area contributed by atoms with Crippen molar-refractivity contribution < 1.29 is 14.0 Å². The monoisotopic (exact) mass is 398 g/mol. The normalized spacial score (nSPS) is 11.7. The molecular formula is C24H31FN2O2. The third-order valence-corrected chi connectivity index (χ3v) is 4.83. The van der Waals surface area contributed by atoms with Crippen molar-refractivity contribution in [3.63, 3.8) is 0 Å². The number of rotatable bonds is 11. The topological polar surface area (TPSA) is 49.4 Å². The third-order valence-electron chi connectivity index (χ3n) is 4.83. The predicted molar refractivity (Wildman–Crippen MR) is 114 cm³/mol. The summed E-state index contributed by atoms with van der Waals surface area (Å²) >= 11 is 0. The van der Waals surface area contributed by atoms with Gasteiger partial charge in [-0.3, -0.25) is 9.59 Å². The van der Waals surface area contributed by atoms with Crippen LogP contribution in [-0.4, -0.2) is 29.3 Å². The van der Waals surface area contributed by atoms with Gasteiger partial charge in [-0.1, -0.05) is 62.7 Å². The average Bonchev–Trinajstić information content (AvgIpc) is 2.73. The lowest BCUT2D eigenvalue weighted by Gasteiger charge is -2.31. The van der Waals surface area contributed by atoms with Crippen molar-refractivity contribution in [2.45, 2.75) is 58.5 Å². The quantitative estimate of drug-likeness (QED) is 0.567. The summed E-state index contributed by atoms with van der Waals surface area (Å²) in [5.41, 5.74) is 1.80. The lowest BCUT2D eigenvalue weighted by Crippen LogP contribution is -2.50. The second kappa shape index (κ2) is 12.0. The molecule has 1 unspecified atom stereocenters. The smallest absolute Gasteiger partial charge is 0.243 e. The van der Waals surface area contributed by atoms with Gasteiger partial charge < -0.3 is 10.2 Å². The van der Waals surface area contributed by atoms with E-state index in [-0.39, 0.29) is 24.2 Å². The SMILES string of the molecule is CCCCNC(=O)C(Cc1ccccc1)N(Cc1ccc(F)cc1)C(=O)CCC. The molecule has 0 saturated carbocycles. The van der Waals surface area contributed by atoms with Crippen LogP contribution >= 0.6 is 0 Å². The largest absolute Gasteiger partial charge is 0.354 e. The van der Waals surface area contributed by atoms with Crippen LogP contribution in [0.25, 0.3) is 0 Å². The highest BCUT2D eigenvalue weighted by Crippen LogP contribution is 2.16. The van der Waals surface area contributed by atoms with Gasteiger partial charge >= 0.3 is 0 Å². The molecule has 5 heteroatoms. The van der Waals surface area contributed by atoms with Gasteiger partial charge in [0.2, 0.25) is 11.8 Å². The molecule has 2 rings (SSSR count). The van der Waals surface area contributed by atoms with E-state index in [4.69, 9.17) is 0 Å². The molecule has 2 amide bonds. The molecule has 0 aromatic heterocycles.